The molecule has 0 atom stereocenters. The number of nitrogens with zero attached hydrogens (tertiary/aromatic N) is 1. The van der Waals surface area contributed by atoms with E-state index in [0.29, 0.717) is 12.0 Å². The van der Waals surface area contributed by atoms with Gasteiger partial charge >= 0.3 is 11.9 Å². The summed E-state index contributed by atoms with van der Waals surface area (Å²) < 4.78 is 4.85. The molecule has 0 heterocycles. The van der Waals surface area contributed by atoms with Crippen LogP contribution < -0.4 is 0 Å². The summed E-state index contributed by atoms with van der Waals surface area (Å²) in [6.45, 7) is 2.09. The summed E-state index contributed by atoms with van der Waals surface area (Å²) in [6.07, 6.45) is 1.98. The van der Waals surface area contributed by atoms with Gasteiger partial charge < -0.3 is 9.84 Å². The fourth-order valence-electron chi connectivity index (χ4n) is 1.34. The molecule has 5 heteroatoms. The molecule has 0 unspecified atom stereocenters. The number of carbonyl (C=O) groups is 2. The molecule has 0 aliphatic heterocycles. The molecule has 1 rings (SSSR count). The van der Waals surface area contributed by atoms with Gasteiger partial charge in [-0.3, -0.25) is 0 Å². The van der Waals surface area contributed by atoms with Gasteiger partial charge in [0.2, 0.25) is 0 Å². The second-order valence-corrected chi connectivity index (χ2v) is 3.74. The normalized spacial score (nSPS) is 10.6. The molecule has 0 aromatic heterocycles. The molecule has 0 radical (unpaired) electrons. The van der Waals surface area contributed by atoms with Gasteiger partial charge in [0, 0.05) is 0 Å². The molecule has 0 fully saturated rings. The fraction of sp³-hybridized carbons (Fsp3) is 0.214. The second kappa shape index (κ2) is 6.97. The van der Waals surface area contributed by atoms with Crippen molar-refractivity contribution in [3.8, 4) is 6.07 Å². The zero-order chi connectivity index (χ0) is 14.3. The summed E-state index contributed by atoms with van der Waals surface area (Å²) in [6, 6.07) is 7.71. The average Bonchev–Trinajstić information content (AvgIpc) is 2.42. The van der Waals surface area contributed by atoms with Crippen LogP contribution in [0.3, 0.4) is 0 Å². The molecule has 0 aliphatic rings. The molecule has 19 heavy (non-hydrogen) atoms. The van der Waals surface area contributed by atoms with Crippen molar-refractivity contribution in [1.82, 2.24) is 0 Å². The van der Waals surface area contributed by atoms with E-state index in [2.05, 4.69) is 0 Å². The van der Waals surface area contributed by atoms with Crippen LogP contribution in [0.15, 0.2) is 29.8 Å². The van der Waals surface area contributed by atoms with Crippen LogP contribution >= 0.6 is 0 Å². The third-order valence-electron chi connectivity index (χ3n) is 2.22. The Kier molecular flexibility index (Phi) is 5.30. The van der Waals surface area contributed by atoms with Crippen LogP contribution in [0, 0.1) is 11.3 Å². The molecule has 1 N–H and O–H groups in total. The Balaban J connectivity index is 2.98. The standard InChI is InChI=1S/C14H13NO4/c1-2-6-19-14(18)12(9-15)8-10-4-3-5-11(7-10)13(16)17/h3-5,7-8H,2,6H2,1H3,(H,16,17). The Morgan fingerprint density at radius 1 is 1.47 bits per heavy atom. The monoisotopic (exact) mass is 259 g/mol. The highest BCUT2D eigenvalue weighted by atomic mass is 16.5. The molecule has 0 spiro atoms. The number of hydrogen-bond donors (Lipinski definition) is 1. The molecular formula is C14H13NO4. The van der Waals surface area contributed by atoms with E-state index in [0.717, 1.165) is 0 Å². The van der Waals surface area contributed by atoms with Gasteiger partial charge in [-0.1, -0.05) is 19.1 Å². The summed E-state index contributed by atoms with van der Waals surface area (Å²) in [5.74, 6) is -1.77. The predicted octanol–water partition coefficient (Wildman–Crippen LogP) is 2.24. The van der Waals surface area contributed by atoms with Crippen molar-refractivity contribution in [2.45, 2.75) is 13.3 Å². The summed E-state index contributed by atoms with van der Waals surface area (Å²) >= 11 is 0. The first-order chi connectivity index (χ1) is 9.08. The maximum absolute atomic E-state index is 11.5. The van der Waals surface area contributed by atoms with Gasteiger partial charge in [0.05, 0.1) is 12.2 Å². The maximum atomic E-state index is 11.5. The van der Waals surface area contributed by atoms with E-state index in [1.165, 1.54) is 18.2 Å². The Morgan fingerprint density at radius 2 is 2.21 bits per heavy atom. The first kappa shape index (κ1) is 14.5. The lowest BCUT2D eigenvalue weighted by Crippen LogP contribution is -2.07. The summed E-state index contributed by atoms with van der Waals surface area (Å²) in [4.78, 5) is 22.3. The minimum Gasteiger partial charge on any atom is -0.478 e. The lowest BCUT2D eigenvalue weighted by atomic mass is 10.1. The third-order valence-corrected chi connectivity index (χ3v) is 2.22. The number of carboxylic acids is 1. The smallest absolute Gasteiger partial charge is 0.348 e. The van der Waals surface area contributed by atoms with E-state index in [-0.39, 0.29) is 17.7 Å². The molecule has 1 aromatic rings. The Morgan fingerprint density at radius 3 is 2.79 bits per heavy atom. The Labute approximate surface area is 110 Å². The first-order valence-corrected chi connectivity index (χ1v) is 5.70. The zero-order valence-corrected chi connectivity index (χ0v) is 10.4. The highest BCUT2D eigenvalue weighted by Crippen LogP contribution is 2.11. The molecule has 0 aliphatic carbocycles. The van der Waals surface area contributed by atoms with Crippen molar-refractivity contribution in [2.75, 3.05) is 6.61 Å². The minimum absolute atomic E-state index is 0.0907. The summed E-state index contributed by atoms with van der Waals surface area (Å²) in [7, 11) is 0. The number of benzene rings is 1. The number of carbonyl (C=O) groups excluding carboxylic acids is 1. The number of nitriles is 1. The van der Waals surface area contributed by atoms with Crippen molar-refractivity contribution in [3.05, 3.63) is 41.0 Å². The summed E-state index contributed by atoms with van der Waals surface area (Å²) in [5.41, 5.74) is 0.397. The first-order valence-electron chi connectivity index (χ1n) is 5.70. The Bertz CT molecular complexity index is 555. The molecule has 5 nitrogen and oxygen atoms in total. The number of carboxylic acid groups (broad SMARTS) is 1. The van der Waals surface area contributed by atoms with Crippen LogP contribution in [0.1, 0.15) is 29.3 Å². The quantitative estimate of drug-likeness (QED) is 0.497. The molecule has 0 bridgehead atoms. The van der Waals surface area contributed by atoms with E-state index in [4.69, 9.17) is 15.1 Å². The number of esters is 1. The zero-order valence-electron chi connectivity index (χ0n) is 10.4. The molecule has 0 saturated carbocycles. The number of rotatable bonds is 5. The lowest BCUT2D eigenvalue weighted by molar-refractivity contribution is -0.138. The van der Waals surface area contributed by atoms with Gasteiger partial charge in [0.1, 0.15) is 11.6 Å². The molecule has 0 amide bonds. The molecule has 98 valence electrons. The fourth-order valence-corrected chi connectivity index (χ4v) is 1.34. The topological polar surface area (TPSA) is 87.4 Å². The third kappa shape index (κ3) is 4.28. The number of hydrogen-bond acceptors (Lipinski definition) is 4. The van der Waals surface area contributed by atoms with E-state index >= 15 is 0 Å². The van der Waals surface area contributed by atoms with Crippen molar-refractivity contribution in [2.24, 2.45) is 0 Å². The molecule has 1 aromatic carbocycles. The number of ether oxygens (including phenoxy) is 1. The highest BCUT2D eigenvalue weighted by Gasteiger charge is 2.10. The van der Waals surface area contributed by atoms with Crippen LogP contribution in [0.5, 0.6) is 0 Å². The largest absolute Gasteiger partial charge is 0.478 e. The van der Waals surface area contributed by atoms with Crippen LogP contribution in [0.4, 0.5) is 0 Å². The van der Waals surface area contributed by atoms with Gasteiger partial charge in [-0.05, 0) is 30.2 Å². The van der Waals surface area contributed by atoms with Crippen molar-refractivity contribution in [1.29, 1.82) is 5.26 Å². The van der Waals surface area contributed by atoms with Crippen LogP contribution in [0.2, 0.25) is 0 Å². The highest BCUT2D eigenvalue weighted by molar-refractivity contribution is 5.98. The summed E-state index contributed by atoms with van der Waals surface area (Å²) in [5, 5.41) is 17.7. The van der Waals surface area contributed by atoms with Gasteiger partial charge in [-0.15, -0.1) is 0 Å². The average molecular weight is 259 g/mol. The van der Waals surface area contributed by atoms with Gasteiger partial charge in [0.25, 0.3) is 0 Å². The van der Waals surface area contributed by atoms with E-state index in [1.807, 2.05) is 6.92 Å². The van der Waals surface area contributed by atoms with Crippen LogP contribution in [-0.4, -0.2) is 23.7 Å². The van der Waals surface area contributed by atoms with Crippen molar-refractivity contribution < 1.29 is 19.4 Å². The van der Waals surface area contributed by atoms with Crippen molar-refractivity contribution in [3.63, 3.8) is 0 Å². The minimum atomic E-state index is -1.07. The molecule has 0 saturated heterocycles. The van der Waals surface area contributed by atoms with Crippen LogP contribution in [0.25, 0.3) is 6.08 Å². The number of aromatic carboxylic acids is 1. The van der Waals surface area contributed by atoms with E-state index in [9.17, 15) is 9.59 Å². The Hall–Kier alpha value is -2.61. The van der Waals surface area contributed by atoms with Gasteiger partial charge in [-0.2, -0.15) is 5.26 Å². The predicted molar refractivity (Wildman–Crippen MR) is 68.2 cm³/mol. The maximum Gasteiger partial charge on any atom is 0.348 e. The molecular weight excluding hydrogens is 246 g/mol. The SMILES string of the molecule is CCCOC(=O)C(C#N)=Cc1cccc(C(=O)O)c1. The second-order valence-electron chi connectivity index (χ2n) is 3.74. The van der Waals surface area contributed by atoms with E-state index in [1.54, 1.807) is 18.2 Å². The van der Waals surface area contributed by atoms with Gasteiger partial charge in [-0.25, -0.2) is 9.59 Å². The van der Waals surface area contributed by atoms with E-state index < -0.39 is 11.9 Å². The van der Waals surface area contributed by atoms with Gasteiger partial charge in [0.15, 0.2) is 0 Å². The lowest BCUT2D eigenvalue weighted by Gasteiger charge is -2.02. The van der Waals surface area contributed by atoms with Crippen LogP contribution in [-0.2, 0) is 9.53 Å². The van der Waals surface area contributed by atoms with Crippen molar-refractivity contribution >= 4 is 18.0 Å².